The van der Waals surface area contributed by atoms with Gasteiger partial charge in [-0.1, -0.05) is 17.3 Å². The van der Waals surface area contributed by atoms with Crippen LogP contribution in [0.25, 0.3) is 0 Å². The molecule has 0 saturated carbocycles. The van der Waals surface area contributed by atoms with E-state index in [1.54, 1.807) is 37.3 Å². The van der Waals surface area contributed by atoms with Gasteiger partial charge in [-0.15, -0.1) is 0 Å². The summed E-state index contributed by atoms with van der Waals surface area (Å²) >= 11 is 0. The summed E-state index contributed by atoms with van der Waals surface area (Å²) < 4.78 is 10.5. The van der Waals surface area contributed by atoms with E-state index in [0.29, 0.717) is 22.8 Å². The average molecular weight is 289 g/mol. The van der Waals surface area contributed by atoms with Crippen LogP contribution in [0.5, 0.6) is 5.75 Å². The molecular formula is C14H15N3O4. The summed E-state index contributed by atoms with van der Waals surface area (Å²) in [5.74, 6) is 0.683. The van der Waals surface area contributed by atoms with Crippen LogP contribution < -0.4 is 15.8 Å². The smallest absolute Gasteiger partial charge is 0.259 e. The van der Waals surface area contributed by atoms with Crippen molar-refractivity contribution in [3.05, 3.63) is 47.9 Å². The van der Waals surface area contributed by atoms with Crippen LogP contribution in [0.4, 0.5) is 5.69 Å². The topological polar surface area (TPSA) is 110 Å². The molecular weight excluding hydrogens is 274 g/mol. The number of aryl methyl sites for hydroxylation is 1. The normalized spacial score (nSPS) is 11.2. The van der Waals surface area contributed by atoms with Crippen LogP contribution in [0, 0.1) is 6.92 Å². The number of rotatable bonds is 5. The molecule has 0 aliphatic heterocycles. The Hall–Kier alpha value is -2.96. The molecule has 7 nitrogen and oxygen atoms in total. The zero-order valence-corrected chi connectivity index (χ0v) is 11.4. The molecule has 110 valence electrons. The lowest BCUT2D eigenvalue weighted by molar-refractivity contribution is 0.102. The zero-order chi connectivity index (χ0) is 15.2. The monoisotopic (exact) mass is 289 g/mol. The number of nitrogens with zero attached hydrogens (tertiary/aromatic N) is 1. The predicted molar refractivity (Wildman–Crippen MR) is 76.7 cm³/mol. The zero-order valence-electron chi connectivity index (χ0n) is 11.4. The molecule has 0 saturated heterocycles. The standard InChI is InChI=1S/C14H15N3O4/c1-9-6-10(7-20-9)14(18)16-11-4-2-3-5-12(11)21-8-13(15)17-19/h2-7,19H,8H2,1H3,(H2,15,17)(H,16,18). The summed E-state index contributed by atoms with van der Waals surface area (Å²) in [6, 6.07) is 8.49. The van der Waals surface area contributed by atoms with E-state index in [1.165, 1.54) is 6.26 Å². The SMILES string of the molecule is Cc1cc(C(=O)Nc2ccccc2OC/C(N)=N/O)co1. The number of carbonyl (C=O) groups is 1. The number of para-hydroxylation sites is 2. The maximum atomic E-state index is 12.1. The van der Waals surface area contributed by atoms with Crippen molar-refractivity contribution in [1.82, 2.24) is 0 Å². The Balaban J connectivity index is 2.11. The van der Waals surface area contributed by atoms with Crippen LogP contribution in [-0.2, 0) is 0 Å². The van der Waals surface area contributed by atoms with E-state index < -0.39 is 0 Å². The van der Waals surface area contributed by atoms with E-state index in [9.17, 15) is 4.79 Å². The molecule has 0 atom stereocenters. The summed E-state index contributed by atoms with van der Waals surface area (Å²) in [7, 11) is 0. The van der Waals surface area contributed by atoms with E-state index >= 15 is 0 Å². The van der Waals surface area contributed by atoms with Crippen LogP contribution in [0.15, 0.2) is 46.2 Å². The molecule has 0 aliphatic rings. The predicted octanol–water partition coefficient (Wildman–Crippen LogP) is 1.97. The van der Waals surface area contributed by atoms with Gasteiger partial charge in [0.2, 0.25) is 0 Å². The van der Waals surface area contributed by atoms with Crippen LogP contribution in [0.3, 0.4) is 0 Å². The molecule has 1 heterocycles. The number of amides is 1. The first-order valence-corrected chi connectivity index (χ1v) is 6.15. The highest BCUT2D eigenvalue weighted by Crippen LogP contribution is 2.24. The number of hydrogen-bond donors (Lipinski definition) is 3. The minimum absolute atomic E-state index is 0.0680. The van der Waals surface area contributed by atoms with Gasteiger partial charge in [0.1, 0.15) is 24.4 Å². The van der Waals surface area contributed by atoms with Gasteiger partial charge < -0.3 is 25.4 Å². The number of nitrogens with two attached hydrogens (primary N) is 1. The molecule has 0 radical (unpaired) electrons. The van der Waals surface area contributed by atoms with Gasteiger partial charge in [0, 0.05) is 0 Å². The number of benzene rings is 1. The Labute approximate surface area is 121 Å². The molecule has 1 aromatic heterocycles. The fraction of sp³-hybridized carbons (Fsp3) is 0.143. The van der Waals surface area contributed by atoms with Gasteiger partial charge >= 0.3 is 0 Å². The molecule has 21 heavy (non-hydrogen) atoms. The van der Waals surface area contributed by atoms with Crippen molar-refractivity contribution in [3.8, 4) is 5.75 Å². The highest BCUT2D eigenvalue weighted by atomic mass is 16.5. The van der Waals surface area contributed by atoms with E-state index in [1.807, 2.05) is 0 Å². The fourth-order valence-corrected chi connectivity index (χ4v) is 1.63. The molecule has 7 heteroatoms. The molecule has 0 aliphatic carbocycles. The number of carbonyl (C=O) groups excluding carboxylic acids is 1. The molecule has 0 fully saturated rings. The molecule has 2 rings (SSSR count). The van der Waals surface area contributed by atoms with Gasteiger partial charge in [0.15, 0.2) is 5.84 Å². The number of amidine groups is 1. The number of anilines is 1. The molecule has 0 spiro atoms. The van der Waals surface area contributed by atoms with Gasteiger partial charge in [-0.3, -0.25) is 4.79 Å². The largest absolute Gasteiger partial charge is 0.483 e. The highest BCUT2D eigenvalue weighted by Gasteiger charge is 2.12. The van der Waals surface area contributed by atoms with E-state index in [0.717, 1.165) is 0 Å². The van der Waals surface area contributed by atoms with Crippen molar-refractivity contribution in [2.45, 2.75) is 6.92 Å². The van der Waals surface area contributed by atoms with Crippen molar-refractivity contribution in [1.29, 1.82) is 0 Å². The first kappa shape index (κ1) is 14.4. The second-order valence-corrected chi connectivity index (χ2v) is 4.28. The molecule has 1 amide bonds. The lowest BCUT2D eigenvalue weighted by Crippen LogP contribution is -2.21. The van der Waals surface area contributed by atoms with Crippen molar-refractivity contribution in [3.63, 3.8) is 0 Å². The molecule has 0 bridgehead atoms. The highest BCUT2D eigenvalue weighted by molar-refractivity contribution is 6.04. The number of nitrogens with one attached hydrogen (secondary N) is 1. The van der Waals surface area contributed by atoms with E-state index in [4.69, 9.17) is 20.1 Å². The summed E-state index contributed by atoms with van der Waals surface area (Å²) in [5, 5.41) is 14.0. The molecule has 0 unspecified atom stereocenters. The van der Waals surface area contributed by atoms with Crippen LogP contribution in [0.2, 0.25) is 0 Å². The summed E-state index contributed by atoms with van der Waals surface area (Å²) in [6.07, 6.45) is 1.38. The number of furan rings is 1. The van der Waals surface area contributed by atoms with Crippen molar-refractivity contribution in [2.75, 3.05) is 11.9 Å². The Morgan fingerprint density at radius 1 is 1.48 bits per heavy atom. The molecule has 2 aromatic rings. The summed E-state index contributed by atoms with van der Waals surface area (Å²) in [5.41, 5.74) is 6.24. The number of ether oxygens (including phenoxy) is 1. The van der Waals surface area contributed by atoms with Gasteiger partial charge in [0.05, 0.1) is 11.3 Å². The third-order valence-electron chi connectivity index (χ3n) is 2.63. The summed E-state index contributed by atoms with van der Waals surface area (Å²) in [4.78, 5) is 12.1. The quantitative estimate of drug-likeness (QED) is 0.337. The van der Waals surface area contributed by atoms with E-state index in [-0.39, 0.29) is 18.3 Å². The van der Waals surface area contributed by atoms with Gasteiger partial charge in [0.25, 0.3) is 5.91 Å². The maximum absolute atomic E-state index is 12.1. The minimum atomic E-state index is -0.313. The second kappa shape index (κ2) is 6.47. The fourth-order valence-electron chi connectivity index (χ4n) is 1.63. The van der Waals surface area contributed by atoms with Gasteiger partial charge in [-0.2, -0.15) is 0 Å². The van der Waals surface area contributed by atoms with Crippen molar-refractivity contribution >= 4 is 17.4 Å². The number of hydrogen-bond acceptors (Lipinski definition) is 5. The Bertz CT molecular complexity index is 664. The molecule has 4 N–H and O–H groups in total. The lowest BCUT2D eigenvalue weighted by atomic mass is 10.2. The maximum Gasteiger partial charge on any atom is 0.259 e. The van der Waals surface area contributed by atoms with Crippen LogP contribution >= 0.6 is 0 Å². The molecule has 1 aromatic carbocycles. The van der Waals surface area contributed by atoms with Gasteiger partial charge in [-0.05, 0) is 25.1 Å². The third-order valence-corrected chi connectivity index (χ3v) is 2.63. The lowest BCUT2D eigenvalue weighted by Gasteiger charge is -2.11. The van der Waals surface area contributed by atoms with Gasteiger partial charge in [-0.25, -0.2) is 0 Å². The Kier molecular flexibility index (Phi) is 4.45. The second-order valence-electron chi connectivity index (χ2n) is 4.28. The first-order chi connectivity index (χ1) is 10.1. The average Bonchev–Trinajstić information content (AvgIpc) is 2.92. The Morgan fingerprint density at radius 3 is 2.90 bits per heavy atom. The van der Waals surface area contributed by atoms with E-state index in [2.05, 4.69) is 10.5 Å². The minimum Gasteiger partial charge on any atom is -0.483 e. The third kappa shape index (κ3) is 3.75. The Morgan fingerprint density at radius 2 is 2.24 bits per heavy atom. The summed E-state index contributed by atoms with van der Waals surface area (Å²) in [6.45, 7) is 1.67. The first-order valence-electron chi connectivity index (χ1n) is 6.15. The number of oxime groups is 1. The van der Waals surface area contributed by atoms with Crippen molar-refractivity contribution in [2.24, 2.45) is 10.9 Å². The van der Waals surface area contributed by atoms with Crippen LogP contribution in [-0.4, -0.2) is 23.6 Å². The van der Waals surface area contributed by atoms with Crippen LogP contribution in [0.1, 0.15) is 16.1 Å². The van der Waals surface area contributed by atoms with Crippen molar-refractivity contribution < 1.29 is 19.2 Å².